The zero-order valence-electron chi connectivity index (χ0n) is 9.94. The third-order valence-corrected chi connectivity index (χ3v) is 3.91. The van der Waals surface area contributed by atoms with Gasteiger partial charge in [0.1, 0.15) is 5.78 Å². The molecule has 0 N–H and O–H groups in total. The van der Waals surface area contributed by atoms with Crippen LogP contribution in [0.3, 0.4) is 0 Å². The van der Waals surface area contributed by atoms with Gasteiger partial charge in [-0.05, 0) is 31.6 Å². The molecule has 0 amide bonds. The van der Waals surface area contributed by atoms with E-state index in [0.717, 1.165) is 12.8 Å². The highest BCUT2D eigenvalue weighted by molar-refractivity contribution is 5.79. The van der Waals surface area contributed by atoms with Crippen LogP contribution >= 0.6 is 0 Å². The molecule has 0 aromatic rings. The maximum Gasteiger partial charge on any atom is 0.133 e. The van der Waals surface area contributed by atoms with Crippen molar-refractivity contribution in [2.24, 2.45) is 11.3 Å². The predicted octanol–water partition coefficient (Wildman–Crippen LogP) is 3.96. The number of Topliss-reactive ketones (excluding diaryl/α,β-unsaturated/α-hetero) is 1. The molecule has 0 aliphatic heterocycles. The largest absolute Gasteiger partial charge is 0.300 e. The van der Waals surface area contributed by atoms with Gasteiger partial charge in [-0.25, -0.2) is 0 Å². The molecule has 0 heterocycles. The van der Waals surface area contributed by atoms with E-state index in [1.165, 1.54) is 32.1 Å². The standard InChI is InChI=1S/C13H24O/c1-4-8-12(11(2)14)13(3)9-6-5-7-10-13/h12H,4-10H2,1-3H3. The number of ketones is 1. The van der Waals surface area contributed by atoms with Gasteiger partial charge in [-0.3, -0.25) is 4.79 Å². The van der Waals surface area contributed by atoms with Crippen LogP contribution in [0.4, 0.5) is 0 Å². The Hall–Kier alpha value is -0.330. The van der Waals surface area contributed by atoms with E-state index >= 15 is 0 Å². The molecule has 1 heteroatoms. The molecule has 82 valence electrons. The minimum absolute atomic E-state index is 0.320. The molecule has 0 radical (unpaired) electrons. The molecule has 0 bridgehead atoms. The molecule has 1 nitrogen and oxygen atoms in total. The summed E-state index contributed by atoms with van der Waals surface area (Å²) >= 11 is 0. The van der Waals surface area contributed by atoms with Crippen LogP contribution in [0.2, 0.25) is 0 Å². The van der Waals surface area contributed by atoms with Gasteiger partial charge in [0.2, 0.25) is 0 Å². The van der Waals surface area contributed by atoms with Gasteiger partial charge in [-0.2, -0.15) is 0 Å². The second-order valence-corrected chi connectivity index (χ2v) is 5.17. The van der Waals surface area contributed by atoms with Crippen molar-refractivity contribution in [3.63, 3.8) is 0 Å². The summed E-state index contributed by atoms with van der Waals surface area (Å²) in [5, 5.41) is 0. The fraction of sp³-hybridized carbons (Fsp3) is 0.923. The molecule has 0 spiro atoms. The molecule has 1 rings (SSSR count). The fourth-order valence-corrected chi connectivity index (χ4v) is 3.04. The van der Waals surface area contributed by atoms with Crippen LogP contribution in [-0.2, 0) is 4.79 Å². The molecule has 14 heavy (non-hydrogen) atoms. The summed E-state index contributed by atoms with van der Waals surface area (Å²) in [7, 11) is 0. The van der Waals surface area contributed by atoms with Crippen molar-refractivity contribution in [3.05, 3.63) is 0 Å². The Labute approximate surface area is 88.3 Å². The summed E-state index contributed by atoms with van der Waals surface area (Å²) in [5.74, 6) is 0.740. The Morgan fingerprint density at radius 2 is 1.86 bits per heavy atom. The first-order valence-electron chi connectivity index (χ1n) is 6.10. The molecule has 0 aromatic carbocycles. The second kappa shape index (κ2) is 4.95. The van der Waals surface area contributed by atoms with Crippen LogP contribution in [0, 0.1) is 11.3 Å². The minimum Gasteiger partial charge on any atom is -0.300 e. The van der Waals surface area contributed by atoms with Gasteiger partial charge in [-0.1, -0.05) is 39.5 Å². The van der Waals surface area contributed by atoms with E-state index in [2.05, 4.69) is 13.8 Å². The molecular weight excluding hydrogens is 172 g/mol. The summed E-state index contributed by atoms with van der Waals surface area (Å²) in [6.45, 7) is 6.29. The van der Waals surface area contributed by atoms with Crippen LogP contribution in [0.1, 0.15) is 65.7 Å². The van der Waals surface area contributed by atoms with E-state index in [1.807, 2.05) is 0 Å². The summed E-state index contributed by atoms with van der Waals surface area (Å²) < 4.78 is 0. The Morgan fingerprint density at radius 1 is 1.29 bits per heavy atom. The molecule has 1 aliphatic carbocycles. The molecule has 0 saturated heterocycles. The first-order chi connectivity index (χ1) is 6.60. The lowest BCUT2D eigenvalue weighted by Gasteiger charge is -2.39. The smallest absolute Gasteiger partial charge is 0.133 e. The Bertz CT molecular complexity index is 189. The van der Waals surface area contributed by atoms with Crippen molar-refractivity contribution in [2.45, 2.75) is 65.7 Å². The second-order valence-electron chi connectivity index (χ2n) is 5.17. The topological polar surface area (TPSA) is 17.1 Å². The number of rotatable bonds is 4. The van der Waals surface area contributed by atoms with E-state index in [4.69, 9.17) is 0 Å². The van der Waals surface area contributed by atoms with Crippen LogP contribution in [0.25, 0.3) is 0 Å². The first kappa shape index (κ1) is 11.7. The quantitative estimate of drug-likeness (QED) is 0.665. The first-order valence-corrected chi connectivity index (χ1v) is 6.10. The van der Waals surface area contributed by atoms with Gasteiger partial charge in [0, 0.05) is 5.92 Å². The van der Waals surface area contributed by atoms with Crippen molar-refractivity contribution in [1.29, 1.82) is 0 Å². The van der Waals surface area contributed by atoms with Crippen molar-refractivity contribution >= 4 is 5.78 Å². The van der Waals surface area contributed by atoms with Gasteiger partial charge >= 0.3 is 0 Å². The van der Waals surface area contributed by atoms with Gasteiger partial charge in [0.15, 0.2) is 0 Å². The van der Waals surface area contributed by atoms with E-state index in [0.29, 0.717) is 17.1 Å². The van der Waals surface area contributed by atoms with Crippen LogP contribution in [-0.4, -0.2) is 5.78 Å². The molecule has 1 fully saturated rings. The summed E-state index contributed by atoms with van der Waals surface area (Å²) in [5.41, 5.74) is 0.320. The summed E-state index contributed by atoms with van der Waals surface area (Å²) in [6.07, 6.45) is 8.76. The number of hydrogen-bond acceptors (Lipinski definition) is 1. The highest BCUT2D eigenvalue weighted by Crippen LogP contribution is 2.44. The maximum atomic E-state index is 11.6. The lowest BCUT2D eigenvalue weighted by atomic mass is 9.65. The van der Waals surface area contributed by atoms with E-state index in [1.54, 1.807) is 6.92 Å². The molecule has 0 aromatic heterocycles. The highest BCUT2D eigenvalue weighted by Gasteiger charge is 2.37. The van der Waals surface area contributed by atoms with Gasteiger partial charge < -0.3 is 0 Å². The van der Waals surface area contributed by atoms with Gasteiger partial charge in [-0.15, -0.1) is 0 Å². The Balaban J connectivity index is 2.68. The Kier molecular flexibility index (Phi) is 4.15. The van der Waals surface area contributed by atoms with E-state index in [-0.39, 0.29) is 0 Å². The third kappa shape index (κ3) is 2.59. The molecule has 1 aliphatic rings. The van der Waals surface area contributed by atoms with E-state index < -0.39 is 0 Å². The lowest BCUT2D eigenvalue weighted by molar-refractivity contribution is -0.125. The monoisotopic (exact) mass is 196 g/mol. The van der Waals surface area contributed by atoms with Crippen molar-refractivity contribution in [3.8, 4) is 0 Å². The third-order valence-electron chi connectivity index (χ3n) is 3.91. The van der Waals surface area contributed by atoms with Gasteiger partial charge in [0.05, 0.1) is 0 Å². The average Bonchev–Trinajstić information content (AvgIpc) is 2.14. The van der Waals surface area contributed by atoms with Gasteiger partial charge in [0.25, 0.3) is 0 Å². The molecular formula is C13H24O. The number of hydrogen-bond donors (Lipinski definition) is 0. The molecule has 1 unspecified atom stereocenters. The minimum atomic E-state index is 0.320. The summed E-state index contributed by atoms with van der Waals surface area (Å²) in [6, 6.07) is 0. The molecule has 1 saturated carbocycles. The lowest BCUT2D eigenvalue weighted by Crippen LogP contribution is -2.34. The average molecular weight is 196 g/mol. The number of carbonyl (C=O) groups is 1. The Morgan fingerprint density at radius 3 is 2.29 bits per heavy atom. The number of carbonyl (C=O) groups excluding carboxylic acids is 1. The van der Waals surface area contributed by atoms with Crippen molar-refractivity contribution in [2.75, 3.05) is 0 Å². The SMILES string of the molecule is CCCC(C(C)=O)C1(C)CCCCC1. The maximum absolute atomic E-state index is 11.6. The fourth-order valence-electron chi connectivity index (χ4n) is 3.04. The van der Waals surface area contributed by atoms with Crippen molar-refractivity contribution < 1.29 is 4.79 Å². The molecule has 1 atom stereocenters. The zero-order chi connectivity index (χ0) is 10.6. The summed E-state index contributed by atoms with van der Waals surface area (Å²) in [4.78, 5) is 11.6. The van der Waals surface area contributed by atoms with Crippen LogP contribution in [0.5, 0.6) is 0 Å². The van der Waals surface area contributed by atoms with Crippen LogP contribution in [0.15, 0.2) is 0 Å². The van der Waals surface area contributed by atoms with Crippen LogP contribution < -0.4 is 0 Å². The van der Waals surface area contributed by atoms with E-state index in [9.17, 15) is 4.79 Å². The normalized spacial score (nSPS) is 23.1. The predicted molar refractivity (Wildman–Crippen MR) is 60.3 cm³/mol. The highest BCUT2D eigenvalue weighted by atomic mass is 16.1. The van der Waals surface area contributed by atoms with Crippen molar-refractivity contribution in [1.82, 2.24) is 0 Å². The zero-order valence-corrected chi connectivity index (χ0v) is 9.94.